The van der Waals surface area contributed by atoms with Crippen molar-refractivity contribution in [1.82, 2.24) is 15.0 Å². The molecule has 0 N–H and O–H groups in total. The Morgan fingerprint density at radius 2 is 1.64 bits per heavy atom. The highest BCUT2D eigenvalue weighted by Crippen LogP contribution is 2.33. The molecule has 5 aromatic rings. The maximum Gasteiger partial charge on any atom is 0.435 e. The molecule has 0 saturated carbocycles. The second-order valence-corrected chi connectivity index (χ2v) is 12.0. The predicted octanol–water partition coefficient (Wildman–Crippen LogP) is 8.63. The van der Waals surface area contributed by atoms with E-state index in [9.17, 15) is 4.79 Å². The van der Waals surface area contributed by atoms with Crippen molar-refractivity contribution < 1.29 is 18.8 Å². The lowest BCUT2D eigenvalue weighted by Crippen LogP contribution is -2.30. The van der Waals surface area contributed by atoms with Crippen LogP contribution in [0.25, 0.3) is 33.3 Å². The van der Waals surface area contributed by atoms with Crippen molar-refractivity contribution >= 4 is 22.7 Å². The minimum atomic E-state index is -0.603. The lowest BCUT2D eigenvalue weighted by atomic mass is 10.0. The van der Waals surface area contributed by atoms with Gasteiger partial charge in [-0.1, -0.05) is 78.0 Å². The van der Waals surface area contributed by atoms with Gasteiger partial charge in [0.1, 0.15) is 29.8 Å². The minimum Gasteiger partial charge on any atom is -0.489 e. The van der Waals surface area contributed by atoms with Gasteiger partial charge in [-0.15, -0.1) is 0 Å². The molecule has 1 aromatic heterocycles. The van der Waals surface area contributed by atoms with Gasteiger partial charge in [0.25, 0.3) is 0 Å². The predicted molar refractivity (Wildman–Crippen MR) is 171 cm³/mol. The van der Waals surface area contributed by atoms with E-state index in [1.165, 1.54) is 11.1 Å². The summed E-state index contributed by atoms with van der Waals surface area (Å²) >= 11 is 0. The second kappa shape index (κ2) is 12.3. The third kappa shape index (κ3) is 6.80. The van der Waals surface area contributed by atoms with Gasteiger partial charge in [0.2, 0.25) is 11.7 Å². The van der Waals surface area contributed by atoms with Crippen LogP contribution in [0.3, 0.4) is 0 Å². The fourth-order valence-electron chi connectivity index (χ4n) is 5.42. The van der Waals surface area contributed by atoms with Gasteiger partial charge >= 0.3 is 6.09 Å². The number of carbonyl (C=O) groups excluding carboxylic acids is 1. The summed E-state index contributed by atoms with van der Waals surface area (Å²) in [4.78, 5) is 23.2. The Morgan fingerprint density at radius 1 is 0.932 bits per heavy atom. The first-order valence-corrected chi connectivity index (χ1v) is 14.9. The SMILES string of the molecule is C/C(=N\C(=O)OC(C)(C)C)N1CCC[C@H]1c1nc(-c2ccc3cc(OCc4ccc(-c5ccccc5)cc4)ccc3c2)no1. The third-order valence-electron chi connectivity index (χ3n) is 7.58. The fraction of sp³-hybridized carbons (Fsp3) is 0.278. The molecule has 1 fully saturated rings. The van der Waals surface area contributed by atoms with Crippen molar-refractivity contribution in [2.45, 2.75) is 58.8 Å². The lowest BCUT2D eigenvalue weighted by Gasteiger charge is -2.24. The number of ether oxygens (including phenoxy) is 2. The van der Waals surface area contributed by atoms with E-state index >= 15 is 0 Å². The maximum absolute atomic E-state index is 12.2. The first-order chi connectivity index (χ1) is 21.2. The highest BCUT2D eigenvalue weighted by molar-refractivity contribution is 5.90. The number of aliphatic imine (C=N–C) groups is 1. The minimum absolute atomic E-state index is 0.142. The van der Waals surface area contributed by atoms with Crippen LogP contribution in [0.2, 0.25) is 0 Å². The zero-order valence-corrected chi connectivity index (χ0v) is 25.5. The van der Waals surface area contributed by atoms with Crippen LogP contribution >= 0.6 is 0 Å². The van der Waals surface area contributed by atoms with Gasteiger partial charge in [0, 0.05) is 12.1 Å². The van der Waals surface area contributed by atoms with Crippen LogP contribution in [0.5, 0.6) is 5.75 Å². The molecule has 224 valence electrons. The van der Waals surface area contributed by atoms with Gasteiger partial charge in [-0.05, 0) is 86.2 Å². The van der Waals surface area contributed by atoms with Crippen molar-refractivity contribution in [3.8, 4) is 28.3 Å². The van der Waals surface area contributed by atoms with Gasteiger partial charge in [-0.25, -0.2) is 4.79 Å². The van der Waals surface area contributed by atoms with E-state index in [-0.39, 0.29) is 6.04 Å². The number of hydrogen-bond donors (Lipinski definition) is 0. The molecule has 8 nitrogen and oxygen atoms in total. The Hall–Kier alpha value is -4.98. The Balaban J connectivity index is 1.11. The van der Waals surface area contributed by atoms with Crippen molar-refractivity contribution in [2.75, 3.05) is 6.54 Å². The Morgan fingerprint density at radius 3 is 2.41 bits per heavy atom. The zero-order chi connectivity index (χ0) is 30.7. The van der Waals surface area contributed by atoms with Crippen LogP contribution in [0.4, 0.5) is 4.79 Å². The lowest BCUT2D eigenvalue weighted by molar-refractivity contribution is 0.0601. The number of amides is 1. The van der Waals surface area contributed by atoms with E-state index in [1.54, 1.807) is 0 Å². The normalized spacial score (nSPS) is 15.5. The van der Waals surface area contributed by atoms with Crippen LogP contribution in [0.1, 0.15) is 58.0 Å². The van der Waals surface area contributed by atoms with Gasteiger partial charge in [0.05, 0.1) is 0 Å². The molecule has 1 amide bonds. The number of nitrogens with zero attached hydrogens (tertiary/aromatic N) is 4. The molecular weight excluding hydrogens is 552 g/mol. The summed E-state index contributed by atoms with van der Waals surface area (Å²) in [6, 6.07) is 30.8. The number of fused-ring (bicyclic) bond motifs is 1. The molecule has 0 unspecified atom stereocenters. The number of likely N-dealkylation sites (tertiary alicyclic amines) is 1. The highest BCUT2D eigenvalue weighted by Gasteiger charge is 2.32. The molecule has 0 spiro atoms. The number of amidine groups is 1. The van der Waals surface area contributed by atoms with Gasteiger partial charge < -0.3 is 18.9 Å². The van der Waals surface area contributed by atoms with Crippen molar-refractivity contribution in [3.63, 3.8) is 0 Å². The van der Waals surface area contributed by atoms with Crippen molar-refractivity contribution in [2.24, 2.45) is 4.99 Å². The Kier molecular flexibility index (Phi) is 8.15. The average Bonchev–Trinajstić information content (AvgIpc) is 3.70. The molecule has 1 aliphatic heterocycles. The number of aromatic nitrogens is 2. The molecule has 4 aromatic carbocycles. The molecule has 0 aliphatic carbocycles. The summed E-state index contributed by atoms with van der Waals surface area (Å²) in [5, 5.41) is 6.39. The van der Waals surface area contributed by atoms with E-state index in [1.807, 2.05) is 81.1 Å². The molecule has 1 atom stereocenters. The third-order valence-corrected chi connectivity index (χ3v) is 7.58. The molecule has 44 heavy (non-hydrogen) atoms. The molecule has 0 radical (unpaired) electrons. The van der Waals surface area contributed by atoms with E-state index in [4.69, 9.17) is 19.0 Å². The van der Waals surface area contributed by atoms with E-state index in [0.717, 1.165) is 47.0 Å². The Labute approximate surface area is 257 Å². The first-order valence-electron chi connectivity index (χ1n) is 14.9. The monoisotopic (exact) mass is 588 g/mol. The molecule has 8 heteroatoms. The smallest absolute Gasteiger partial charge is 0.435 e. The quantitative estimate of drug-likeness (QED) is 0.145. The molecule has 0 bridgehead atoms. The van der Waals surface area contributed by atoms with Crippen LogP contribution in [0, 0.1) is 0 Å². The van der Waals surface area contributed by atoms with E-state index in [0.29, 0.717) is 24.2 Å². The maximum atomic E-state index is 12.2. The summed E-state index contributed by atoms with van der Waals surface area (Å²) < 4.78 is 17.2. The van der Waals surface area contributed by atoms with E-state index < -0.39 is 11.7 Å². The van der Waals surface area contributed by atoms with Crippen LogP contribution in [0.15, 0.2) is 101 Å². The van der Waals surface area contributed by atoms with Gasteiger partial charge in [0.15, 0.2) is 0 Å². The number of hydrogen-bond acceptors (Lipinski definition) is 6. The second-order valence-electron chi connectivity index (χ2n) is 12.0. The standard InChI is InChI=1S/C36H36N4O4/c1-24(37-35(41)43-36(2,3)4)40-20-8-11-32(40)34-38-33(39-44-34)30-17-16-29-22-31(19-18-28(29)21-30)42-23-25-12-14-27(15-13-25)26-9-6-5-7-10-26/h5-7,9-10,12-19,21-22,32H,8,11,20,23H2,1-4H3/b37-24+/t32-/m0/s1. The number of benzene rings is 4. The average molecular weight is 589 g/mol. The molecular formula is C36H36N4O4. The number of rotatable bonds is 6. The molecule has 2 heterocycles. The summed E-state index contributed by atoms with van der Waals surface area (Å²) in [5.41, 5.74) is 3.76. The van der Waals surface area contributed by atoms with Crippen LogP contribution in [-0.4, -0.2) is 39.1 Å². The summed E-state index contributed by atoms with van der Waals surface area (Å²) in [7, 11) is 0. The van der Waals surface area contributed by atoms with Crippen molar-refractivity contribution in [1.29, 1.82) is 0 Å². The van der Waals surface area contributed by atoms with Gasteiger partial charge in [-0.3, -0.25) is 0 Å². The topological polar surface area (TPSA) is 90.0 Å². The van der Waals surface area contributed by atoms with Crippen LogP contribution < -0.4 is 4.74 Å². The number of carbonyl (C=O) groups is 1. The molecule has 1 saturated heterocycles. The molecule has 1 aliphatic rings. The first kappa shape index (κ1) is 29.1. The van der Waals surface area contributed by atoms with E-state index in [2.05, 4.69) is 52.6 Å². The zero-order valence-electron chi connectivity index (χ0n) is 25.5. The largest absolute Gasteiger partial charge is 0.489 e. The Bertz CT molecular complexity index is 1790. The van der Waals surface area contributed by atoms with Gasteiger partial charge in [-0.2, -0.15) is 9.98 Å². The van der Waals surface area contributed by atoms with Crippen molar-refractivity contribution in [3.05, 3.63) is 102 Å². The summed E-state index contributed by atoms with van der Waals surface area (Å²) in [6.07, 6.45) is 1.16. The highest BCUT2D eigenvalue weighted by atomic mass is 16.6. The fourth-order valence-corrected chi connectivity index (χ4v) is 5.42. The summed E-state index contributed by atoms with van der Waals surface area (Å²) in [5.74, 6) is 2.42. The summed E-state index contributed by atoms with van der Waals surface area (Å²) in [6.45, 7) is 8.51. The van der Waals surface area contributed by atoms with Crippen LogP contribution in [-0.2, 0) is 11.3 Å². The molecule has 6 rings (SSSR count).